The number of H-pyrrole nitrogens is 1. The van der Waals surface area contributed by atoms with Crippen molar-refractivity contribution in [3.05, 3.63) is 66.5 Å². The molecule has 0 radical (unpaired) electrons. The van der Waals surface area contributed by atoms with E-state index in [1.807, 2.05) is 35.2 Å². The number of rotatable bonds is 5. The number of fused-ring (bicyclic) bond motifs is 1. The minimum Gasteiger partial charge on any atom is -0.403 e. The van der Waals surface area contributed by atoms with Gasteiger partial charge in [0, 0.05) is 50.2 Å². The van der Waals surface area contributed by atoms with Crippen LogP contribution in [0.2, 0.25) is 0 Å². The quantitative estimate of drug-likeness (QED) is 0.0768. The molecule has 1 spiro atoms. The number of aromatic amines is 1. The number of carbonyl (C=O) groups excluding carboxylic acids is 2. The molecule has 1 aromatic carbocycles. The van der Waals surface area contributed by atoms with Gasteiger partial charge in [0.1, 0.15) is 0 Å². The predicted molar refractivity (Wildman–Crippen MR) is 145 cm³/mol. The summed E-state index contributed by atoms with van der Waals surface area (Å²) in [6.07, 6.45) is 6.22. The van der Waals surface area contributed by atoms with Gasteiger partial charge in [-0.2, -0.15) is 0 Å². The van der Waals surface area contributed by atoms with Gasteiger partial charge in [0.2, 0.25) is 5.96 Å². The highest BCUT2D eigenvalue weighted by Gasteiger charge is 2.47. The number of pyridine rings is 1. The van der Waals surface area contributed by atoms with Crippen LogP contribution in [-0.4, -0.2) is 63.6 Å². The first-order valence-electron chi connectivity index (χ1n) is 12.3. The molecule has 1 atom stereocenters. The van der Waals surface area contributed by atoms with Crippen molar-refractivity contribution in [2.45, 2.75) is 12.8 Å². The lowest BCUT2D eigenvalue weighted by molar-refractivity contribution is -0.125. The van der Waals surface area contributed by atoms with Crippen LogP contribution < -0.4 is 33.3 Å². The second-order valence-electron chi connectivity index (χ2n) is 9.74. The van der Waals surface area contributed by atoms with Crippen LogP contribution in [0.1, 0.15) is 23.2 Å². The van der Waals surface area contributed by atoms with Gasteiger partial charge in [-0.3, -0.25) is 14.6 Å². The molecule has 0 saturated carbocycles. The molecule has 2 aliphatic rings. The van der Waals surface area contributed by atoms with Crippen LogP contribution >= 0.6 is 0 Å². The summed E-state index contributed by atoms with van der Waals surface area (Å²) in [5.41, 5.74) is 5.96. The molecular formula is C25H30FN11O2. The van der Waals surface area contributed by atoms with Crippen molar-refractivity contribution in [1.29, 1.82) is 0 Å². The highest BCUT2D eigenvalue weighted by atomic mass is 19.1. The summed E-state index contributed by atoms with van der Waals surface area (Å²) >= 11 is 0. The largest absolute Gasteiger partial charge is 0.403 e. The Morgan fingerprint density at radius 2 is 1.82 bits per heavy atom. The highest BCUT2D eigenvalue weighted by molar-refractivity contribution is 6.45. The number of aromatic nitrogens is 2. The van der Waals surface area contributed by atoms with Gasteiger partial charge in [0.05, 0.1) is 28.4 Å². The molecule has 39 heavy (non-hydrogen) atoms. The van der Waals surface area contributed by atoms with Crippen LogP contribution in [0.5, 0.6) is 0 Å². The number of hydrogen-bond acceptors (Lipinski definition) is 9. The number of nitrogens with one attached hydrogen (secondary N) is 1. The van der Waals surface area contributed by atoms with E-state index < -0.39 is 17.5 Å². The SMILES string of the molecule is N/C=C\N(N)c1ncc(F)c2c(C(=O)C(=O)N3CCC4(CCN(/C(=N/N)N(N)c5ccccc5)C4)C3)c[nH]c12. The number of guanidine groups is 1. The molecule has 2 saturated heterocycles. The normalized spacial score (nSPS) is 19.5. The summed E-state index contributed by atoms with van der Waals surface area (Å²) in [7, 11) is 0. The molecule has 2 aromatic heterocycles. The topological polar surface area (TPSA) is 192 Å². The number of Topliss-reactive ketones (excluding diaryl/α,β-unsaturated/α-hetero) is 1. The fraction of sp³-hybridized carbons (Fsp3) is 0.280. The summed E-state index contributed by atoms with van der Waals surface area (Å²) in [4.78, 5) is 36.9. The van der Waals surface area contributed by atoms with Gasteiger partial charge in [0.15, 0.2) is 11.6 Å². The lowest BCUT2D eigenvalue weighted by Gasteiger charge is -2.29. The van der Waals surface area contributed by atoms with E-state index in [1.54, 1.807) is 0 Å². The molecule has 1 unspecified atom stereocenters. The average molecular weight is 536 g/mol. The summed E-state index contributed by atoms with van der Waals surface area (Å²) < 4.78 is 14.8. The maximum Gasteiger partial charge on any atom is 0.295 e. The van der Waals surface area contributed by atoms with E-state index in [1.165, 1.54) is 28.5 Å². The van der Waals surface area contributed by atoms with E-state index in [2.05, 4.69) is 15.1 Å². The van der Waals surface area contributed by atoms with Gasteiger partial charge in [-0.25, -0.2) is 26.1 Å². The van der Waals surface area contributed by atoms with E-state index in [9.17, 15) is 14.0 Å². The first-order valence-corrected chi connectivity index (χ1v) is 12.3. The van der Waals surface area contributed by atoms with Crippen molar-refractivity contribution in [2.24, 2.45) is 33.8 Å². The number of nitrogens with two attached hydrogens (primary N) is 4. The number of para-hydroxylation sites is 1. The maximum atomic E-state index is 14.8. The van der Waals surface area contributed by atoms with Crippen molar-refractivity contribution in [2.75, 3.05) is 36.2 Å². The minimum atomic E-state index is -0.816. The maximum absolute atomic E-state index is 14.8. The van der Waals surface area contributed by atoms with Gasteiger partial charge in [0.25, 0.3) is 11.7 Å². The van der Waals surface area contributed by atoms with Gasteiger partial charge >= 0.3 is 0 Å². The standard InChI is InChI=1S/C25H30FN11O2/c26-18-13-32-22(36(29)11-8-27)20-19(18)17(12-31-20)21(38)23(39)34-9-6-25(14-34)7-10-35(15-25)24(33-28)37(30)16-4-2-1-3-5-16/h1-5,8,11-13,31H,6-7,9-10,14-15,27-30H2/b11-8-,33-24-. The summed E-state index contributed by atoms with van der Waals surface area (Å²) in [6, 6.07) is 9.33. The number of benzene rings is 1. The Labute approximate surface area is 223 Å². The number of hydrazone groups is 1. The zero-order valence-electron chi connectivity index (χ0n) is 21.1. The van der Waals surface area contributed by atoms with E-state index >= 15 is 0 Å². The Hall–Kier alpha value is -4.69. The van der Waals surface area contributed by atoms with Crippen LogP contribution in [0.25, 0.3) is 10.9 Å². The van der Waals surface area contributed by atoms with Crippen LogP contribution in [0.3, 0.4) is 0 Å². The molecule has 3 aromatic rings. The number of hydrogen-bond donors (Lipinski definition) is 5. The van der Waals surface area contributed by atoms with Crippen LogP contribution in [0, 0.1) is 11.2 Å². The third kappa shape index (κ3) is 4.59. The summed E-state index contributed by atoms with van der Waals surface area (Å²) in [6.45, 7) is 1.98. The highest BCUT2D eigenvalue weighted by Crippen LogP contribution is 2.40. The van der Waals surface area contributed by atoms with Gasteiger partial charge in [-0.05, 0) is 25.0 Å². The van der Waals surface area contributed by atoms with Crippen LogP contribution in [0.15, 0.2) is 60.2 Å². The van der Waals surface area contributed by atoms with Gasteiger partial charge in [-0.1, -0.05) is 18.2 Å². The summed E-state index contributed by atoms with van der Waals surface area (Å²) in [5.74, 6) is 16.2. The third-order valence-electron chi connectivity index (χ3n) is 7.38. The number of nitrogens with zero attached hydrogens (tertiary/aromatic N) is 6. The number of ketones is 1. The van der Waals surface area contributed by atoms with E-state index in [0.29, 0.717) is 38.6 Å². The molecule has 13 nitrogen and oxygen atoms in total. The van der Waals surface area contributed by atoms with Crippen molar-refractivity contribution in [3.8, 4) is 0 Å². The molecule has 0 bridgehead atoms. The van der Waals surface area contributed by atoms with Crippen molar-refractivity contribution < 1.29 is 14.0 Å². The molecule has 2 fully saturated rings. The Morgan fingerprint density at radius 1 is 1.13 bits per heavy atom. The van der Waals surface area contributed by atoms with Gasteiger partial charge in [-0.15, -0.1) is 5.10 Å². The summed E-state index contributed by atoms with van der Waals surface area (Å²) in [5, 5.41) is 6.38. The van der Waals surface area contributed by atoms with E-state index in [-0.39, 0.29) is 27.7 Å². The first kappa shape index (κ1) is 25.9. The van der Waals surface area contributed by atoms with Crippen LogP contribution in [-0.2, 0) is 4.79 Å². The number of carbonyl (C=O) groups is 2. The molecule has 4 heterocycles. The number of halogens is 1. The lowest BCUT2D eigenvalue weighted by Crippen LogP contribution is -2.49. The average Bonchev–Trinajstić information content (AvgIpc) is 3.68. The smallest absolute Gasteiger partial charge is 0.295 e. The Kier molecular flexibility index (Phi) is 6.80. The number of amides is 1. The van der Waals surface area contributed by atoms with Crippen LogP contribution in [0.4, 0.5) is 15.9 Å². The molecule has 1 amide bonds. The molecule has 9 N–H and O–H groups in total. The van der Waals surface area contributed by atoms with Crippen molar-refractivity contribution in [3.63, 3.8) is 0 Å². The third-order valence-corrected chi connectivity index (χ3v) is 7.38. The molecule has 0 aliphatic carbocycles. The lowest BCUT2D eigenvalue weighted by atomic mass is 9.86. The molecule has 14 heteroatoms. The second-order valence-corrected chi connectivity index (χ2v) is 9.74. The van der Waals surface area contributed by atoms with Crippen molar-refractivity contribution in [1.82, 2.24) is 19.8 Å². The zero-order chi connectivity index (χ0) is 27.7. The Morgan fingerprint density at radius 3 is 2.51 bits per heavy atom. The zero-order valence-corrected chi connectivity index (χ0v) is 21.1. The minimum absolute atomic E-state index is 0.0621. The molecule has 204 valence electrons. The number of likely N-dealkylation sites (tertiary alicyclic amines) is 2. The van der Waals surface area contributed by atoms with E-state index in [0.717, 1.165) is 23.3 Å². The fourth-order valence-corrected chi connectivity index (χ4v) is 5.44. The number of anilines is 2. The number of hydrazine groups is 2. The Bertz CT molecular complexity index is 1460. The fourth-order valence-electron chi connectivity index (χ4n) is 5.44. The second kappa shape index (κ2) is 10.2. The molecular weight excluding hydrogens is 505 g/mol. The van der Waals surface area contributed by atoms with E-state index in [4.69, 9.17) is 23.3 Å². The monoisotopic (exact) mass is 535 g/mol. The van der Waals surface area contributed by atoms with Crippen molar-refractivity contribution >= 4 is 40.1 Å². The van der Waals surface area contributed by atoms with Gasteiger partial charge < -0.3 is 26.4 Å². The molecule has 5 rings (SSSR count). The predicted octanol–water partition coefficient (Wildman–Crippen LogP) is 0.529. The first-order chi connectivity index (χ1) is 18.8. The molecule has 2 aliphatic heterocycles. The Balaban J connectivity index is 1.31.